The third kappa shape index (κ3) is 5.18. The van der Waals surface area contributed by atoms with Gasteiger partial charge in [-0.15, -0.1) is 0 Å². The van der Waals surface area contributed by atoms with E-state index in [2.05, 4.69) is 39.4 Å². The molecule has 0 radical (unpaired) electrons. The summed E-state index contributed by atoms with van der Waals surface area (Å²) in [5.74, 6) is -0.966. The fourth-order valence-corrected chi connectivity index (χ4v) is 4.93. The van der Waals surface area contributed by atoms with E-state index in [-0.39, 0.29) is 10.7 Å². The molecule has 2 fully saturated rings. The fourth-order valence-electron chi connectivity index (χ4n) is 4.52. The molecule has 3 aromatic rings. The van der Waals surface area contributed by atoms with E-state index in [1.54, 1.807) is 30.3 Å². The maximum absolute atomic E-state index is 13.4. The first-order valence-corrected chi connectivity index (χ1v) is 12.6. The van der Waals surface area contributed by atoms with Gasteiger partial charge in [0.05, 0.1) is 5.69 Å². The monoisotopic (exact) mass is 516 g/mol. The number of nitrogens with zero attached hydrogens (tertiary/aromatic N) is 3. The summed E-state index contributed by atoms with van der Waals surface area (Å²) in [6.07, 6.45) is 1.66. The Bertz CT molecular complexity index is 1320. The first-order valence-electron chi connectivity index (χ1n) is 11.8. The van der Waals surface area contributed by atoms with Crippen molar-refractivity contribution in [2.45, 2.75) is 6.54 Å². The molecule has 2 aliphatic rings. The number of halogens is 1. The van der Waals surface area contributed by atoms with Crippen molar-refractivity contribution in [3.8, 4) is 0 Å². The molecule has 2 heterocycles. The molecule has 6 nitrogen and oxygen atoms in total. The van der Waals surface area contributed by atoms with Crippen molar-refractivity contribution in [2.75, 3.05) is 36.0 Å². The standard InChI is InChI=1S/C28H25ClN4O2S/c29-22-10-12-23(13-11-22)33-27(35)24(26(34)30-28(33)36)18-21-8-4-5-9-25(21)32-16-14-31(15-17-32)19-20-6-2-1-3-7-20/h1-13,18H,14-17,19H2,(H,30,34,36). The second-order valence-corrected chi connectivity index (χ2v) is 9.57. The van der Waals surface area contributed by atoms with Gasteiger partial charge in [0.1, 0.15) is 5.57 Å². The van der Waals surface area contributed by atoms with Crippen LogP contribution in [0.3, 0.4) is 0 Å². The Labute approximate surface area is 220 Å². The highest BCUT2D eigenvalue weighted by molar-refractivity contribution is 7.80. The molecule has 2 aliphatic heterocycles. The maximum Gasteiger partial charge on any atom is 0.270 e. The minimum atomic E-state index is -0.502. The maximum atomic E-state index is 13.4. The van der Waals surface area contributed by atoms with Crippen LogP contribution < -0.4 is 15.1 Å². The number of para-hydroxylation sites is 1. The van der Waals surface area contributed by atoms with Crippen molar-refractivity contribution in [3.63, 3.8) is 0 Å². The highest BCUT2D eigenvalue weighted by atomic mass is 35.5. The van der Waals surface area contributed by atoms with Gasteiger partial charge in [0, 0.05) is 43.4 Å². The Morgan fingerprint density at radius 1 is 0.861 bits per heavy atom. The molecule has 0 unspecified atom stereocenters. The van der Waals surface area contributed by atoms with E-state index in [0.717, 1.165) is 44.0 Å². The Balaban J connectivity index is 1.36. The first kappa shape index (κ1) is 24.2. The molecular formula is C28H25ClN4O2S. The molecule has 5 rings (SSSR count). The molecule has 36 heavy (non-hydrogen) atoms. The van der Waals surface area contributed by atoms with Crippen LogP contribution in [-0.2, 0) is 16.1 Å². The smallest absolute Gasteiger partial charge is 0.270 e. The third-order valence-corrected chi connectivity index (χ3v) is 6.92. The van der Waals surface area contributed by atoms with E-state index in [4.69, 9.17) is 23.8 Å². The molecule has 0 aliphatic carbocycles. The van der Waals surface area contributed by atoms with E-state index < -0.39 is 11.8 Å². The molecule has 0 spiro atoms. The van der Waals surface area contributed by atoms with Gasteiger partial charge in [0.15, 0.2) is 5.11 Å². The van der Waals surface area contributed by atoms with E-state index >= 15 is 0 Å². The summed E-state index contributed by atoms with van der Waals surface area (Å²) in [7, 11) is 0. The highest BCUT2D eigenvalue weighted by Crippen LogP contribution is 2.28. The van der Waals surface area contributed by atoms with Gasteiger partial charge in [-0.2, -0.15) is 0 Å². The second kappa shape index (κ2) is 10.6. The number of nitrogens with one attached hydrogen (secondary N) is 1. The SMILES string of the molecule is O=C1NC(=S)N(c2ccc(Cl)cc2)C(=O)C1=Cc1ccccc1N1CCN(Cc2ccccc2)CC1. The Morgan fingerprint density at radius 2 is 1.53 bits per heavy atom. The van der Waals surface area contributed by atoms with Gasteiger partial charge in [-0.1, -0.05) is 60.1 Å². The zero-order valence-corrected chi connectivity index (χ0v) is 21.1. The molecule has 2 amide bonds. The van der Waals surface area contributed by atoms with E-state index in [1.807, 2.05) is 30.3 Å². The second-order valence-electron chi connectivity index (χ2n) is 8.74. The first-order chi connectivity index (χ1) is 17.5. The van der Waals surface area contributed by atoms with E-state index in [1.165, 1.54) is 10.5 Å². The van der Waals surface area contributed by atoms with Gasteiger partial charge in [-0.3, -0.25) is 24.7 Å². The molecular weight excluding hydrogens is 492 g/mol. The molecule has 0 aromatic heterocycles. The van der Waals surface area contributed by atoms with Gasteiger partial charge in [0.25, 0.3) is 11.8 Å². The average Bonchev–Trinajstić information content (AvgIpc) is 2.89. The molecule has 0 bridgehead atoms. The summed E-state index contributed by atoms with van der Waals surface area (Å²) in [5.41, 5.74) is 3.70. The Morgan fingerprint density at radius 3 is 2.25 bits per heavy atom. The number of piperazine rings is 1. The van der Waals surface area contributed by atoms with E-state index in [9.17, 15) is 9.59 Å². The molecule has 2 saturated heterocycles. The molecule has 8 heteroatoms. The van der Waals surface area contributed by atoms with Gasteiger partial charge in [-0.05, 0) is 59.8 Å². The summed E-state index contributed by atoms with van der Waals surface area (Å²) < 4.78 is 0. The minimum Gasteiger partial charge on any atom is -0.368 e. The van der Waals surface area contributed by atoms with Crippen LogP contribution in [0.5, 0.6) is 0 Å². The van der Waals surface area contributed by atoms with Crippen molar-refractivity contribution >= 4 is 58.2 Å². The van der Waals surface area contributed by atoms with Gasteiger partial charge in [-0.25, -0.2) is 0 Å². The lowest BCUT2D eigenvalue weighted by Crippen LogP contribution is -2.54. The zero-order valence-electron chi connectivity index (χ0n) is 19.6. The Kier molecular flexibility index (Phi) is 7.13. The summed E-state index contributed by atoms with van der Waals surface area (Å²) in [6.45, 7) is 4.49. The number of amides is 2. The summed E-state index contributed by atoms with van der Waals surface area (Å²) in [4.78, 5) is 32.3. The van der Waals surface area contributed by atoms with Gasteiger partial charge < -0.3 is 4.90 Å². The van der Waals surface area contributed by atoms with E-state index in [0.29, 0.717) is 10.7 Å². The minimum absolute atomic E-state index is 0.0358. The zero-order chi connectivity index (χ0) is 25.1. The number of anilines is 2. The van der Waals surface area contributed by atoms with Crippen LogP contribution in [0.2, 0.25) is 5.02 Å². The van der Waals surface area contributed by atoms with Crippen molar-refractivity contribution < 1.29 is 9.59 Å². The summed E-state index contributed by atoms with van der Waals surface area (Å²) in [6, 6.07) is 25.1. The topological polar surface area (TPSA) is 55.9 Å². The van der Waals surface area contributed by atoms with Gasteiger partial charge >= 0.3 is 0 Å². The lowest BCUT2D eigenvalue weighted by atomic mass is 10.0. The summed E-state index contributed by atoms with van der Waals surface area (Å²) >= 11 is 11.3. The van der Waals surface area contributed by atoms with Crippen molar-refractivity contribution in [1.29, 1.82) is 0 Å². The van der Waals surface area contributed by atoms with Crippen molar-refractivity contribution in [3.05, 3.63) is 101 Å². The lowest BCUT2D eigenvalue weighted by molar-refractivity contribution is -0.122. The Hall–Kier alpha value is -3.52. The van der Waals surface area contributed by atoms with Crippen LogP contribution in [0, 0.1) is 0 Å². The molecule has 0 atom stereocenters. The number of benzene rings is 3. The number of hydrogen-bond donors (Lipinski definition) is 1. The summed E-state index contributed by atoms with van der Waals surface area (Å²) in [5, 5.41) is 3.24. The predicted octanol–water partition coefficient (Wildman–Crippen LogP) is 4.49. The molecule has 0 saturated carbocycles. The number of carbonyl (C=O) groups is 2. The number of carbonyl (C=O) groups excluding carboxylic acids is 2. The molecule has 1 N–H and O–H groups in total. The van der Waals surface area contributed by atoms with Crippen LogP contribution in [0.15, 0.2) is 84.4 Å². The third-order valence-electron chi connectivity index (χ3n) is 6.39. The normalized spacial score (nSPS) is 18.0. The van der Waals surface area contributed by atoms with Crippen molar-refractivity contribution in [1.82, 2.24) is 10.2 Å². The average molecular weight is 517 g/mol. The quantitative estimate of drug-likeness (QED) is 0.307. The predicted molar refractivity (Wildman–Crippen MR) is 148 cm³/mol. The molecule has 3 aromatic carbocycles. The number of thiocarbonyl (C=S) groups is 1. The van der Waals surface area contributed by atoms with Gasteiger partial charge in [0.2, 0.25) is 0 Å². The van der Waals surface area contributed by atoms with Crippen LogP contribution in [0.1, 0.15) is 11.1 Å². The van der Waals surface area contributed by atoms with Crippen LogP contribution in [0.25, 0.3) is 6.08 Å². The van der Waals surface area contributed by atoms with Crippen LogP contribution in [0.4, 0.5) is 11.4 Å². The van der Waals surface area contributed by atoms with Crippen molar-refractivity contribution in [2.24, 2.45) is 0 Å². The highest BCUT2D eigenvalue weighted by Gasteiger charge is 2.34. The number of rotatable bonds is 5. The van der Waals surface area contributed by atoms with Crippen LogP contribution >= 0.6 is 23.8 Å². The van der Waals surface area contributed by atoms with Crippen LogP contribution in [-0.4, -0.2) is 48.0 Å². The largest absolute Gasteiger partial charge is 0.368 e. The molecule has 182 valence electrons. The fraction of sp³-hybridized carbons (Fsp3) is 0.179. The lowest BCUT2D eigenvalue weighted by Gasteiger charge is -2.37. The number of hydrogen-bond acceptors (Lipinski definition) is 5.